The van der Waals surface area contributed by atoms with Crippen molar-refractivity contribution in [1.29, 1.82) is 0 Å². The lowest BCUT2D eigenvalue weighted by atomic mass is 10.0. The van der Waals surface area contributed by atoms with E-state index in [0.717, 1.165) is 22.2 Å². The summed E-state index contributed by atoms with van der Waals surface area (Å²) in [6.07, 6.45) is 0.506. The predicted octanol–water partition coefficient (Wildman–Crippen LogP) is 5.01. The molecule has 0 N–H and O–H groups in total. The fourth-order valence-electron chi connectivity index (χ4n) is 3.81. The van der Waals surface area contributed by atoms with Crippen molar-refractivity contribution in [2.75, 3.05) is 26.8 Å². The number of benzene rings is 2. The van der Waals surface area contributed by atoms with Crippen LogP contribution in [0, 0.1) is 5.82 Å². The second-order valence-corrected chi connectivity index (χ2v) is 9.09. The van der Waals surface area contributed by atoms with Gasteiger partial charge < -0.3 is 9.64 Å². The van der Waals surface area contributed by atoms with Crippen molar-refractivity contribution < 1.29 is 18.7 Å². The quantitative estimate of drug-likeness (QED) is 0.438. The monoisotopic (exact) mass is 499 g/mol. The molecule has 1 aromatic heterocycles. The average molecular weight is 500 g/mol. The fourth-order valence-corrected chi connectivity index (χ4v) is 4.80. The van der Waals surface area contributed by atoms with Gasteiger partial charge in [0.1, 0.15) is 12.4 Å². The zero-order chi connectivity index (χ0) is 24.1. The molecule has 1 aliphatic rings. The molecule has 0 unspecified atom stereocenters. The summed E-state index contributed by atoms with van der Waals surface area (Å²) in [6, 6.07) is 16.2. The highest BCUT2D eigenvalue weighted by molar-refractivity contribution is 7.12. The summed E-state index contributed by atoms with van der Waals surface area (Å²) in [7, 11) is 1.51. The van der Waals surface area contributed by atoms with E-state index in [2.05, 4.69) is 5.10 Å². The number of carbonyl (C=O) groups is 2. The molecule has 1 atom stereocenters. The van der Waals surface area contributed by atoms with E-state index in [1.165, 1.54) is 35.2 Å². The number of nitrogens with zero attached hydrogens (tertiary/aromatic N) is 3. The van der Waals surface area contributed by atoms with Crippen LogP contribution in [0.2, 0.25) is 5.02 Å². The Kier molecular flexibility index (Phi) is 7.72. The van der Waals surface area contributed by atoms with Crippen molar-refractivity contribution in [3.05, 3.63) is 92.9 Å². The Morgan fingerprint density at radius 2 is 2.03 bits per heavy atom. The highest BCUT2D eigenvalue weighted by Gasteiger charge is 2.35. The molecule has 0 radical (unpaired) electrons. The highest BCUT2D eigenvalue weighted by atomic mass is 35.5. The molecular formula is C25H23ClFN3O3S. The number of methoxy groups -OCH3 is 1. The molecule has 0 spiro atoms. The molecule has 0 bridgehead atoms. The van der Waals surface area contributed by atoms with Gasteiger partial charge in [0.15, 0.2) is 0 Å². The minimum absolute atomic E-state index is 0.163. The minimum atomic E-state index is -0.521. The van der Waals surface area contributed by atoms with E-state index >= 15 is 0 Å². The Labute approximate surface area is 206 Å². The molecule has 4 rings (SSSR count). The van der Waals surface area contributed by atoms with E-state index < -0.39 is 17.8 Å². The van der Waals surface area contributed by atoms with Crippen LogP contribution in [0.1, 0.15) is 33.3 Å². The smallest absolute Gasteiger partial charge is 0.262 e. The third kappa shape index (κ3) is 5.35. The summed E-state index contributed by atoms with van der Waals surface area (Å²) in [5.74, 6) is -1.34. The van der Waals surface area contributed by atoms with Crippen LogP contribution in [0.15, 0.2) is 71.1 Å². The molecule has 0 aliphatic carbocycles. The van der Waals surface area contributed by atoms with Gasteiger partial charge in [0.2, 0.25) is 0 Å². The van der Waals surface area contributed by atoms with Crippen LogP contribution in [0.3, 0.4) is 0 Å². The summed E-state index contributed by atoms with van der Waals surface area (Å²) in [4.78, 5) is 28.9. The van der Waals surface area contributed by atoms with Gasteiger partial charge in [0, 0.05) is 30.7 Å². The van der Waals surface area contributed by atoms with Gasteiger partial charge in [0.25, 0.3) is 11.8 Å². The van der Waals surface area contributed by atoms with E-state index in [4.69, 9.17) is 16.3 Å². The lowest BCUT2D eigenvalue weighted by Gasteiger charge is -2.27. The van der Waals surface area contributed by atoms with Gasteiger partial charge >= 0.3 is 0 Å². The van der Waals surface area contributed by atoms with E-state index in [-0.39, 0.29) is 31.2 Å². The van der Waals surface area contributed by atoms with Gasteiger partial charge in [-0.2, -0.15) is 5.10 Å². The number of halogens is 2. The van der Waals surface area contributed by atoms with Crippen LogP contribution in [-0.2, 0) is 9.53 Å². The van der Waals surface area contributed by atoms with Crippen molar-refractivity contribution in [3.8, 4) is 0 Å². The Balaban J connectivity index is 1.62. The van der Waals surface area contributed by atoms with Crippen LogP contribution in [0.4, 0.5) is 4.39 Å². The molecule has 3 aromatic rings. The summed E-state index contributed by atoms with van der Waals surface area (Å²) >= 11 is 8.01. The number of ether oxygens (including phenoxy) is 1. The summed E-state index contributed by atoms with van der Waals surface area (Å²) in [5.41, 5.74) is 1.73. The number of hydrogen-bond donors (Lipinski definition) is 0. The predicted molar refractivity (Wildman–Crippen MR) is 131 cm³/mol. The highest BCUT2D eigenvalue weighted by Crippen LogP contribution is 2.37. The van der Waals surface area contributed by atoms with Gasteiger partial charge in [-0.1, -0.05) is 41.9 Å². The maximum atomic E-state index is 13.7. The Morgan fingerprint density at radius 1 is 1.21 bits per heavy atom. The molecule has 0 saturated heterocycles. The zero-order valence-corrected chi connectivity index (χ0v) is 20.1. The van der Waals surface area contributed by atoms with Gasteiger partial charge in [-0.15, -0.1) is 11.3 Å². The molecule has 2 aromatic carbocycles. The molecule has 1 aliphatic heterocycles. The van der Waals surface area contributed by atoms with Gasteiger partial charge in [-0.25, -0.2) is 9.40 Å². The third-order valence-corrected chi connectivity index (χ3v) is 6.75. The summed E-state index contributed by atoms with van der Waals surface area (Å²) in [5, 5.41) is 8.54. The largest absolute Gasteiger partial charge is 0.383 e. The molecule has 2 amide bonds. The normalized spacial score (nSPS) is 15.3. The first-order chi connectivity index (χ1) is 16.5. The van der Waals surface area contributed by atoms with Gasteiger partial charge in [0.05, 0.1) is 23.2 Å². The van der Waals surface area contributed by atoms with E-state index in [1.54, 1.807) is 17.4 Å². The van der Waals surface area contributed by atoms with E-state index in [1.807, 2.05) is 35.7 Å². The van der Waals surface area contributed by atoms with Crippen LogP contribution >= 0.6 is 22.9 Å². The van der Waals surface area contributed by atoms with Crippen molar-refractivity contribution in [1.82, 2.24) is 9.91 Å². The SMILES string of the molecule is COCCN(CC(=O)N1N=C(c2cccs2)C[C@H]1c1ccccc1Cl)C(=O)c1cccc(F)c1. The Morgan fingerprint density at radius 3 is 2.74 bits per heavy atom. The molecule has 34 heavy (non-hydrogen) atoms. The molecule has 176 valence electrons. The summed E-state index contributed by atoms with van der Waals surface area (Å²) in [6.45, 7) is 0.163. The van der Waals surface area contributed by atoms with Crippen molar-refractivity contribution in [3.63, 3.8) is 0 Å². The molecule has 9 heteroatoms. The van der Waals surface area contributed by atoms with Crippen LogP contribution in [-0.4, -0.2) is 54.2 Å². The first kappa shape index (κ1) is 24.1. The maximum Gasteiger partial charge on any atom is 0.262 e. The standard InChI is InChI=1S/C25H23ClFN3O3S/c1-33-12-11-29(25(32)17-6-4-7-18(27)14-17)16-24(31)30-22(19-8-2-3-9-20(19)26)15-21(28-30)23-10-5-13-34-23/h2-10,13-14,22H,11-12,15-16H2,1H3/t22-/m0/s1. The third-order valence-electron chi connectivity index (χ3n) is 5.49. The van der Waals surface area contributed by atoms with E-state index in [9.17, 15) is 14.0 Å². The first-order valence-electron chi connectivity index (χ1n) is 10.7. The van der Waals surface area contributed by atoms with Crippen LogP contribution < -0.4 is 0 Å². The number of amides is 2. The number of hydrogen-bond acceptors (Lipinski definition) is 5. The fraction of sp³-hybridized carbons (Fsp3) is 0.240. The number of thiophene rings is 1. The topological polar surface area (TPSA) is 62.2 Å². The number of rotatable bonds is 8. The van der Waals surface area contributed by atoms with Crippen LogP contribution in [0.25, 0.3) is 0 Å². The average Bonchev–Trinajstić information content (AvgIpc) is 3.52. The summed E-state index contributed by atoms with van der Waals surface area (Å²) < 4.78 is 18.8. The minimum Gasteiger partial charge on any atom is -0.383 e. The number of hydrazone groups is 1. The van der Waals surface area contributed by atoms with Crippen molar-refractivity contribution in [2.45, 2.75) is 12.5 Å². The van der Waals surface area contributed by atoms with Crippen molar-refractivity contribution >= 4 is 40.5 Å². The van der Waals surface area contributed by atoms with E-state index in [0.29, 0.717) is 11.4 Å². The van der Waals surface area contributed by atoms with Gasteiger partial charge in [-0.05, 0) is 41.3 Å². The molecular weight excluding hydrogens is 477 g/mol. The second kappa shape index (κ2) is 10.9. The van der Waals surface area contributed by atoms with Crippen molar-refractivity contribution in [2.24, 2.45) is 5.10 Å². The molecule has 6 nitrogen and oxygen atoms in total. The number of carbonyl (C=O) groups excluding carboxylic acids is 2. The lowest BCUT2D eigenvalue weighted by molar-refractivity contribution is -0.133. The lowest BCUT2D eigenvalue weighted by Crippen LogP contribution is -2.42. The Hall–Kier alpha value is -3.07. The van der Waals surface area contributed by atoms with Crippen LogP contribution in [0.5, 0.6) is 0 Å². The molecule has 0 fully saturated rings. The molecule has 0 saturated carbocycles. The molecule has 2 heterocycles. The maximum absolute atomic E-state index is 13.7. The Bertz CT molecular complexity index is 1200. The second-order valence-electron chi connectivity index (χ2n) is 7.73. The van der Waals surface area contributed by atoms with Gasteiger partial charge in [-0.3, -0.25) is 9.59 Å². The zero-order valence-electron chi connectivity index (χ0n) is 18.5. The first-order valence-corrected chi connectivity index (χ1v) is 12.0.